The average Bonchev–Trinajstić information content (AvgIpc) is 3.59. The lowest BCUT2D eigenvalue weighted by Crippen LogP contribution is -2.03. The number of benzene rings is 4. The quantitative estimate of drug-likeness (QED) is 0.198. The number of unbranched alkanes of at least 4 members (excludes halogenated alkanes) is 2. The van der Waals surface area contributed by atoms with Crippen LogP contribution in [0.25, 0.3) is 32.9 Å². The second-order valence-corrected chi connectivity index (χ2v) is 10.1. The number of nitrogens with zero attached hydrogens (tertiary/aromatic N) is 4. The van der Waals surface area contributed by atoms with Crippen LogP contribution in [-0.2, 0) is 25.8 Å². The van der Waals surface area contributed by atoms with Crippen LogP contribution in [0.1, 0.15) is 48.7 Å². The minimum Gasteiger partial charge on any atom is -0.336 e. The third-order valence-electron chi connectivity index (χ3n) is 7.49. The van der Waals surface area contributed by atoms with Gasteiger partial charge >= 0.3 is 0 Å². The largest absolute Gasteiger partial charge is 0.336 e. The van der Waals surface area contributed by atoms with Crippen molar-refractivity contribution in [1.29, 1.82) is 0 Å². The minimum atomic E-state index is 0.752. The molecule has 5 heteroatoms. The van der Waals surface area contributed by atoms with Crippen LogP contribution in [0, 0.1) is 0 Å². The van der Waals surface area contributed by atoms with E-state index in [-0.39, 0.29) is 0 Å². The maximum Gasteiger partial charge on any atom is 0.174 e. The number of aromatic amines is 1. The summed E-state index contributed by atoms with van der Waals surface area (Å²) in [5, 5.41) is 18.3. The molecule has 0 saturated heterocycles. The van der Waals surface area contributed by atoms with Crippen LogP contribution >= 0.6 is 0 Å². The van der Waals surface area contributed by atoms with Gasteiger partial charge in [-0.15, -0.1) is 10.2 Å². The molecule has 190 valence electrons. The van der Waals surface area contributed by atoms with E-state index in [1.165, 1.54) is 68.9 Å². The number of H-pyrrole nitrogens is 1. The van der Waals surface area contributed by atoms with E-state index < -0.39 is 0 Å². The van der Waals surface area contributed by atoms with Crippen LogP contribution < -0.4 is 0 Å². The molecular formula is C33H33N5. The van der Waals surface area contributed by atoms with Crippen molar-refractivity contribution >= 4 is 21.7 Å². The number of hydrogen-bond acceptors (Lipinski definition) is 3. The zero-order valence-corrected chi connectivity index (χ0v) is 21.9. The number of aryl methyl sites for hydroxylation is 3. The minimum absolute atomic E-state index is 0.752. The molecule has 0 atom stereocenters. The number of para-hydroxylation sites is 1. The molecule has 0 bridgehead atoms. The summed E-state index contributed by atoms with van der Waals surface area (Å²) in [6.45, 7) is 3.14. The molecule has 0 saturated carbocycles. The maximum absolute atomic E-state index is 4.08. The fraction of sp³-hybridized carbons (Fsp3) is 0.242. The van der Waals surface area contributed by atoms with E-state index in [1.54, 1.807) is 0 Å². The SMILES string of the molecule is CCCCCc1c(-c2ccc3cc(CCc4nn[nH]n4)ccc3c2)n(Cc2ccccc2)c2ccccc12. The van der Waals surface area contributed by atoms with Gasteiger partial charge in [-0.2, -0.15) is 5.21 Å². The van der Waals surface area contributed by atoms with Gasteiger partial charge in [0.25, 0.3) is 0 Å². The van der Waals surface area contributed by atoms with E-state index in [1.807, 2.05) is 0 Å². The van der Waals surface area contributed by atoms with E-state index in [9.17, 15) is 0 Å². The Morgan fingerprint density at radius 2 is 1.55 bits per heavy atom. The van der Waals surface area contributed by atoms with E-state index in [4.69, 9.17) is 0 Å². The van der Waals surface area contributed by atoms with Crippen molar-refractivity contribution in [2.24, 2.45) is 0 Å². The standard InChI is InChI=1S/C33H33N5/c1-2-3-5-13-30-29-12-8-9-14-31(29)38(23-25-10-6-4-7-11-25)33(30)28-19-18-26-21-24(15-17-27(26)22-28)16-20-32-34-36-37-35-32/h4,6-12,14-15,17-19,21-22H,2-3,5,13,16,20,23H2,1H3,(H,34,35,36,37). The lowest BCUT2D eigenvalue weighted by atomic mass is 9.97. The van der Waals surface area contributed by atoms with Gasteiger partial charge in [0, 0.05) is 23.9 Å². The molecule has 0 aliphatic carbocycles. The summed E-state index contributed by atoms with van der Waals surface area (Å²) in [5.74, 6) is 0.752. The van der Waals surface area contributed by atoms with Crippen molar-refractivity contribution in [3.05, 3.63) is 114 Å². The molecule has 4 aromatic carbocycles. The van der Waals surface area contributed by atoms with Crippen LogP contribution in [0.5, 0.6) is 0 Å². The van der Waals surface area contributed by atoms with Crippen molar-refractivity contribution < 1.29 is 0 Å². The Labute approximate surface area is 223 Å². The van der Waals surface area contributed by atoms with E-state index in [0.29, 0.717) is 0 Å². The second kappa shape index (κ2) is 11.0. The lowest BCUT2D eigenvalue weighted by Gasteiger charge is -2.14. The van der Waals surface area contributed by atoms with Gasteiger partial charge in [-0.3, -0.25) is 0 Å². The monoisotopic (exact) mass is 499 g/mol. The summed E-state index contributed by atoms with van der Waals surface area (Å²) in [5.41, 5.74) is 8.04. The maximum atomic E-state index is 4.08. The molecule has 0 unspecified atom stereocenters. The van der Waals surface area contributed by atoms with Gasteiger partial charge in [-0.25, -0.2) is 0 Å². The number of tetrazole rings is 1. The van der Waals surface area contributed by atoms with E-state index >= 15 is 0 Å². The highest BCUT2D eigenvalue weighted by Crippen LogP contribution is 2.37. The number of nitrogens with one attached hydrogen (secondary N) is 1. The molecule has 38 heavy (non-hydrogen) atoms. The topological polar surface area (TPSA) is 59.4 Å². The molecule has 6 rings (SSSR count). The van der Waals surface area contributed by atoms with E-state index in [0.717, 1.165) is 31.6 Å². The highest BCUT2D eigenvalue weighted by atomic mass is 15.5. The van der Waals surface area contributed by atoms with Crippen LogP contribution in [0.2, 0.25) is 0 Å². The summed E-state index contributed by atoms with van der Waals surface area (Å²) < 4.78 is 2.53. The molecule has 0 fully saturated rings. The lowest BCUT2D eigenvalue weighted by molar-refractivity contribution is 0.717. The second-order valence-electron chi connectivity index (χ2n) is 10.1. The molecule has 2 heterocycles. The number of aromatic nitrogens is 5. The molecule has 6 aromatic rings. The Kier molecular flexibility index (Phi) is 6.99. The highest BCUT2D eigenvalue weighted by Gasteiger charge is 2.19. The summed E-state index contributed by atoms with van der Waals surface area (Å²) >= 11 is 0. The predicted octanol–water partition coefficient (Wildman–Crippen LogP) is 7.54. The third-order valence-corrected chi connectivity index (χ3v) is 7.49. The summed E-state index contributed by atoms with van der Waals surface area (Å²) in [4.78, 5) is 0. The first-order valence-corrected chi connectivity index (χ1v) is 13.7. The zero-order chi connectivity index (χ0) is 25.7. The van der Waals surface area contributed by atoms with Crippen LogP contribution in [0.3, 0.4) is 0 Å². The number of rotatable bonds is 10. The molecule has 0 amide bonds. The Balaban J connectivity index is 1.42. The van der Waals surface area contributed by atoms with Crippen LogP contribution in [-0.4, -0.2) is 25.2 Å². The molecule has 1 N–H and O–H groups in total. The highest BCUT2D eigenvalue weighted by molar-refractivity contribution is 5.95. The first kappa shape index (κ1) is 24.1. The predicted molar refractivity (Wildman–Crippen MR) is 155 cm³/mol. The van der Waals surface area contributed by atoms with Crippen LogP contribution in [0.4, 0.5) is 0 Å². The first-order chi connectivity index (χ1) is 18.8. The fourth-order valence-corrected chi connectivity index (χ4v) is 5.58. The molecule has 5 nitrogen and oxygen atoms in total. The van der Waals surface area contributed by atoms with Gasteiger partial charge in [0.05, 0.1) is 5.69 Å². The summed E-state index contributed by atoms with van der Waals surface area (Å²) in [7, 11) is 0. The van der Waals surface area contributed by atoms with Crippen LogP contribution in [0.15, 0.2) is 91.0 Å². The van der Waals surface area contributed by atoms with Gasteiger partial charge in [0.15, 0.2) is 5.82 Å². The van der Waals surface area contributed by atoms with Gasteiger partial charge < -0.3 is 4.57 Å². The Morgan fingerprint density at radius 1 is 0.737 bits per heavy atom. The Hall–Kier alpha value is -4.25. The van der Waals surface area contributed by atoms with Gasteiger partial charge in [-0.1, -0.05) is 104 Å². The smallest absolute Gasteiger partial charge is 0.174 e. The zero-order valence-electron chi connectivity index (χ0n) is 21.9. The average molecular weight is 500 g/mol. The molecule has 0 spiro atoms. The van der Waals surface area contributed by atoms with E-state index in [2.05, 4.69) is 123 Å². The van der Waals surface area contributed by atoms with Crippen molar-refractivity contribution in [3.8, 4) is 11.3 Å². The summed E-state index contributed by atoms with van der Waals surface area (Å²) in [6.07, 6.45) is 6.45. The van der Waals surface area contributed by atoms with Gasteiger partial charge in [-0.05, 0) is 64.4 Å². The number of hydrogen-bond donors (Lipinski definition) is 1. The van der Waals surface area contributed by atoms with Crippen molar-refractivity contribution in [3.63, 3.8) is 0 Å². The Morgan fingerprint density at radius 3 is 2.39 bits per heavy atom. The van der Waals surface area contributed by atoms with Crippen molar-refractivity contribution in [1.82, 2.24) is 25.2 Å². The third kappa shape index (κ3) is 4.97. The van der Waals surface area contributed by atoms with Crippen molar-refractivity contribution in [2.45, 2.75) is 52.0 Å². The molecule has 0 aliphatic heterocycles. The first-order valence-electron chi connectivity index (χ1n) is 13.7. The molecule has 2 aromatic heterocycles. The normalized spacial score (nSPS) is 11.5. The fourth-order valence-electron chi connectivity index (χ4n) is 5.58. The molecule has 0 aliphatic rings. The molecular weight excluding hydrogens is 466 g/mol. The summed E-state index contributed by atoms with van der Waals surface area (Å²) in [6, 6.07) is 33.5. The number of fused-ring (bicyclic) bond motifs is 2. The Bertz CT molecular complexity index is 1650. The van der Waals surface area contributed by atoms with Gasteiger partial charge in [0.1, 0.15) is 0 Å². The van der Waals surface area contributed by atoms with Gasteiger partial charge in [0.2, 0.25) is 0 Å². The van der Waals surface area contributed by atoms with Crippen molar-refractivity contribution in [2.75, 3.05) is 0 Å². The molecule has 0 radical (unpaired) electrons.